The van der Waals surface area contributed by atoms with Crippen molar-refractivity contribution in [3.05, 3.63) is 35.4 Å². The van der Waals surface area contributed by atoms with Crippen molar-refractivity contribution >= 4 is 5.91 Å². The van der Waals surface area contributed by atoms with E-state index in [4.69, 9.17) is 0 Å². The van der Waals surface area contributed by atoms with Gasteiger partial charge in [0, 0.05) is 24.7 Å². The van der Waals surface area contributed by atoms with Crippen LogP contribution in [-0.2, 0) is 6.54 Å². The highest BCUT2D eigenvalue weighted by molar-refractivity contribution is 5.94. The van der Waals surface area contributed by atoms with E-state index in [0.717, 1.165) is 17.7 Å². The summed E-state index contributed by atoms with van der Waals surface area (Å²) in [5, 5.41) is 6.12. The van der Waals surface area contributed by atoms with E-state index in [1.165, 1.54) is 0 Å². The van der Waals surface area contributed by atoms with Gasteiger partial charge in [0.25, 0.3) is 5.91 Å². The normalized spacial score (nSPS) is 10.5. The topological polar surface area (TPSA) is 41.1 Å². The summed E-state index contributed by atoms with van der Waals surface area (Å²) in [5.41, 5.74) is 1.86. The number of amides is 1. The van der Waals surface area contributed by atoms with Crippen LogP contribution < -0.4 is 10.6 Å². The minimum atomic E-state index is -0.00565. The molecule has 1 amide bonds. The van der Waals surface area contributed by atoms with Crippen molar-refractivity contribution in [2.24, 2.45) is 0 Å². The molecule has 0 aliphatic rings. The smallest absolute Gasteiger partial charge is 0.251 e. The fourth-order valence-corrected chi connectivity index (χ4v) is 1.41. The second kappa shape index (κ2) is 6.28. The monoisotopic (exact) mass is 220 g/mol. The van der Waals surface area contributed by atoms with Crippen molar-refractivity contribution in [2.75, 3.05) is 6.54 Å². The van der Waals surface area contributed by atoms with Crippen LogP contribution in [-0.4, -0.2) is 18.5 Å². The maximum absolute atomic E-state index is 11.6. The van der Waals surface area contributed by atoms with Gasteiger partial charge in [0.2, 0.25) is 0 Å². The molecule has 0 heterocycles. The predicted octanol–water partition coefficient (Wildman–Crippen LogP) is 1.93. The van der Waals surface area contributed by atoms with Crippen LogP contribution in [0.4, 0.5) is 0 Å². The molecule has 0 aliphatic carbocycles. The first kappa shape index (κ1) is 12.7. The van der Waals surface area contributed by atoms with Crippen LogP contribution in [0.2, 0.25) is 0 Å². The molecule has 2 N–H and O–H groups in total. The van der Waals surface area contributed by atoms with Crippen LogP contribution >= 0.6 is 0 Å². The van der Waals surface area contributed by atoms with Crippen molar-refractivity contribution in [2.45, 2.75) is 33.4 Å². The van der Waals surface area contributed by atoms with Crippen LogP contribution in [0, 0.1) is 0 Å². The van der Waals surface area contributed by atoms with Gasteiger partial charge in [-0.25, -0.2) is 0 Å². The average molecular weight is 220 g/mol. The van der Waals surface area contributed by atoms with Gasteiger partial charge < -0.3 is 10.6 Å². The molecule has 88 valence electrons. The molecule has 1 aromatic rings. The molecule has 3 heteroatoms. The standard InChI is InChI=1S/C13H20N2O/c1-4-14-13(16)12-7-5-6-11(8-12)9-15-10(2)3/h5-8,10,15H,4,9H2,1-3H3,(H,14,16). The predicted molar refractivity (Wildman–Crippen MR) is 66.4 cm³/mol. The SMILES string of the molecule is CCNC(=O)c1cccc(CNC(C)C)c1. The van der Waals surface area contributed by atoms with E-state index < -0.39 is 0 Å². The fourth-order valence-electron chi connectivity index (χ4n) is 1.41. The summed E-state index contributed by atoms with van der Waals surface area (Å²) in [6.07, 6.45) is 0. The molecule has 0 radical (unpaired) electrons. The minimum Gasteiger partial charge on any atom is -0.352 e. The molecule has 0 saturated heterocycles. The zero-order valence-corrected chi connectivity index (χ0v) is 10.2. The Kier molecular flexibility index (Phi) is 4.99. The Hall–Kier alpha value is -1.35. The number of benzene rings is 1. The third-order valence-corrected chi connectivity index (χ3v) is 2.24. The Morgan fingerprint density at radius 3 is 2.75 bits per heavy atom. The quantitative estimate of drug-likeness (QED) is 0.796. The molecule has 0 bridgehead atoms. The molecule has 0 fully saturated rings. The van der Waals surface area contributed by atoms with Gasteiger partial charge in [-0.05, 0) is 24.6 Å². The molecule has 0 aliphatic heterocycles. The fraction of sp³-hybridized carbons (Fsp3) is 0.462. The highest BCUT2D eigenvalue weighted by atomic mass is 16.1. The van der Waals surface area contributed by atoms with E-state index in [0.29, 0.717) is 12.6 Å². The summed E-state index contributed by atoms with van der Waals surface area (Å²) in [7, 11) is 0. The van der Waals surface area contributed by atoms with E-state index in [-0.39, 0.29) is 5.91 Å². The summed E-state index contributed by atoms with van der Waals surface area (Å²) in [5.74, 6) is -0.00565. The Morgan fingerprint density at radius 2 is 2.12 bits per heavy atom. The lowest BCUT2D eigenvalue weighted by Gasteiger charge is -2.09. The molecule has 0 atom stereocenters. The molecule has 0 unspecified atom stereocenters. The van der Waals surface area contributed by atoms with Crippen molar-refractivity contribution in [1.29, 1.82) is 0 Å². The molecule has 0 aromatic heterocycles. The van der Waals surface area contributed by atoms with E-state index in [9.17, 15) is 4.79 Å². The summed E-state index contributed by atoms with van der Waals surface area (Å²) in [6.45, 7) is 7.58. The number of hydrogen-bond acceptors (Lipinski definition) is 2. The molecule has 0 spiro atoms. The van der Waals surface area contributed by atoms with Crippen LogP contribution in [0.3, 0.4) is 0 Å². The van der Waals surface area contributed by atoms with Crippen molar-refractivity contribution in [3.8, 4) is 0 Å². The average Bonchev–Trinajstić information content (AvgIpc) is 2.27. The molecule has 16 heavy (non-hydrogen) atoms. The van der Waals surface area contributed by atoms with Gasteiger partial charge in [-0.15, -0.1) is 0 Å². The number of carbonyl (C=O) groups excluding carboxylic acids is 1. The Morgan fingerprint density at radius 1 is 1.38 bits per heavy atom. The lowest BCUT2D eigenvalue weighted by molar-refractivity contribution is 0.0955. The number of nitrogens with one attached hydrogen (secondary N) is 2. The second-order valence-corrected chi connectivity index (χ2v) is 4.10. The number of rotatable bonds is 5. The highest BCUT2D eigenvalue weighted by Gasteiger charge is 2.04. The van der Waals surface area contributed by atoms with Crippen LogP contribution in [0.15, 0.2) is 24.3 Å². The van der Waals surface area contributed by atoms with Gasteiger partial charge in [-0.1, -0.05) is 26.0 Å². The zero-order chi connectivity index (χ0) is 12.0. The van der Waals surface area contributed by atoms with Crippen LogP contribution in [0.1, 0.15) is 36.7 Å². The van der Waals surface area contributed by atoms with Gasteiger partial charge in [-0.3, -0.25) is 4.79 Å². The minimum absolute atomic E-state index is 0.00565. The van der Waals surface area contributed by atoms with Crippen molar-refractivity contribution < 1.29 is 4.79 Å². The maximum atomic E-state index is 11.6. The van der Waals surface area contributed by atoms with Gasteiger partial charge in [0.1, 0.15) is 0 Å². The largest absolute Gasteiger partial charge is 0.352 e. The summed E-state index contributed by atoms with van der Waals surface area (Å²) in [6, 6.07) is 8.16. The summed E-state index contributed by atoms with van der Waals surface area (Å²) >= 11 is 0. The van der Waals surface area contributed by atoms with Crippen molar-refractivity contribution in [1.82, 2.24) is 10.6 Å². The van der Waals surface area contributed by atoms with E-state index in [1.807, 2.05) is 31.2 Å². The first-order chi connectivity index (χ1) is 7.63. The first-order valence-corrected chi connectivity index (χ1v) is 5.74. The summed E-state index contributed by atoms with van der Waals surface area (Å²) < 4.78 is 0. The molecular weight excluding hydrogens is 200 g/mol. The molecule has 3 nitrogen and oxygen atoms in total. The second-order valence-electron chi connectivity index (χ2n) is 4.10. The Bertz CT molecular complexity index is 348. The Balaban J connectivity index is 2.67. The van der Waals surface area contributed by atoms with Gasteiger partial charge >= 0.3 is 0 Å². The summed E-state index contributed by atoms with van der Waals surface area (Å²) in [4.78, 5) is 11.6. The van der Waals surface area contributed by atoms with Gasteiger partial charge in [0.15, 0.2) is 0 Å². The number of hydrogen-bond donors (Lipinski definition) is 2. The maximum Gasteiger partial charge on any atom is 0.251 e. The van der Waals surface area contributed by atoms with Gasteiger partial charge in [0.05, 0.1) is 0 Å². The highest BCUT2D eigenvalue weighted by Crippen LogP contribution is 2.05. The lowest BCUT2D eigenvalue weighted by Crippen LogP contribution is -2.24. The van der Waals surface area contributed by atoms with E-state index in [1.54, 1.807) is 0 Å². The number of carbonyl (C=O) groups is 1. The molecular formula is C13H20N2O. The molecule has 1 aromatic carbocycles. The Labute approximate surface area is 97.2 Å². The third kappa shape index (κ3) is 4.03. The van der Waals surface area contributed by atoms with E-state index in [2.05, 4.69) is 24.5 Å². The van der Waals surface area contributed by atoms with E-state index >= 15 is 0 Å². The van der Waals surface area contributed by atoms with Crippen LogP contribution in [0.5, 0.6) is 0 Å². The lowest BCUT2D eigenvalue weighted by atomic mass is 10.1. The van der Waals surface area contributed by atoms with Crippen molar-refractivity contribution in [3.63, 3.8) is 0 Å². The third-order valence-electron chi connectivity index (χ3n) is 2.24. The van der Waals surface area contributed by atoms with Gasteiger partial charge in [-0.2, -0.15) is 0 Å². The molecule has 1 rings (SSSR count). The van der Waals surface area contributed by atoms with Crippen LogP contribution in [0.25, 0.3) is 0 Å². The molecule has 0 saturated carbocycles. The first-order valence-electron chi connectivity index (χ1n) is 5.74. The zero-order valence-electron chi connectivity index (χ0n) is 10.2.